The zero-order chi connectivity index (χ0) is 18.5. The molecule has 0 saturated carbocycles. The number of rotatable bonds is 5. The van der Waals surface area contributed by atoms with Crippen molar-refractivity contribution >= 4 is 40.4 Å². The van der Waals surface area contributed by atoms with Gasteiger partial charge >= 0.3 is 0 Å². The lowest BCUT2D eigenvalue weighted by Gasteiger charge is -2.13. The Morgan fingerprint density at radius 3 is 2.65 bits per heavy atom. The molecular formula is C19H17ClN4O2. The molecule has 0 aliphatic heterocycles. The number of carbonyl (C=O) groups excluding carboxylic acids is 1. The minimum Gasteiger partial charge on any atom is -0.277 e. The van der Waals surface area contributed by atoms with Crippen LogP contribution < -0.4 is 16.4 Å². The smallest absolute Gasteiger partial charge is 0.262 e. The summed E-state index contributed by atoms with van der Waals surface area (Å²) in [7, 11) is 0. The summed E-state index contributed by atoms with van der Waals surface area (Å²) in [5.74, 6) is -0.0885. The third-order valence-corrected chi connectivity index (χ3v) is 4.02. The van der Waals surface area contributed by atoms with Gasteiger partial charge in [0, 0.05) is 17.6 Å². The first-order valence-electron chi connectivity index (χ1n) is 8.07. The molecule has 3 rings (SSSR count). The van der Waals surface area contributed by atoms with Crippen LogP contribution in [-0.4, -0.2) is 15.5 Å². The number of halogens is 1. The number of aromatic nitrogens is 2. The van der Waals surface area contributed by atoms with E-state index in [-0.39, 0.29) is 17.4 Å². The van der Waals surface area contributed by atoms with Crippen molar-refractivity contribution in [2.45, 2.75) is 13.5 Å². The van der Waals surface area contributed by atoms with Gasteiger partial charge in [-0.2, -0.15) is 0 Å². The van der Waals surface area contributed by atoms with Gasteiger partial charge in [-0.15, -0.1) is 0 Å². The second-order valence-corrected chi connectivity index (χ2v) is 5.94. The molecule has 0 aliphatic rings. The largest absolute Gasteiger partial charge is 0.277 e. The van der Waals surface area contributed by atoms with Crippen LogP contribution in [0.3, 0.4) is 0 Å². The number of hydrogen-bond donors (Lipinski definition) is 2. The van der Waals surface area contributed by atoms with E-state index in [1.807, 2.05) is 13.0 Å². The average Bonchev–Trinajstić information content (AvgIpc) is 2.66. The maximum absolute atomic E-state index is 12.5. The lowest BCUT2D eigenvalue weighted by molar-refractivity contribution is -0.116. The quantitative estimate of drug-likeness (QED) is 0.535. The van der Waals surface area contributed by atoms with Crippen LogP contribution >= 0.6 is 11.6 Å². The molecule has 26 heavy (non-hydrogen) atoms. The number of hydrogen-bond acceptors (Lipinski definition) is 4. The first-order chi connectivity index (χ1) is 12.6. The van der Waals surface area contributed by atoms with Crippen LogP contribution in [0.5, 0.6) is 0 Å². The van der Waals surface area contributed by atoms with Crippen LogP contribution in [0.4, 0.5) is 5.95 Å². The summed E-state index contributed by atoms with van der Waals surface area (Å²) in [5.41, 5.74) is 6.50. The van der Waals surface area contributed by atoms with Gasteiger partial charge < -0.3 is 0 Å². The predicted molar refractivity (Wildman–Crippen MR) is 104 cm³/mol. The number of nitrogens with zero attached hydrogens (tertiary/aromatic N) is 2. The Hall–Kier alpha value is -3.12. The Balaban J connectivity index is 1.75. The predicted octanol–water partition coefficient (Wildman–Crippen LogP) is 3.23. The summed E-state index contributed by atoms with van der Waals surface area (Å²) in [6.45, 7) is 2.26. The van der Waals surface area contributed by atoms with E-state index in [0.717, 1.165) is 5.56 Å². The molecule has 0 fully saturated rings. The van der Waals surface area contributed by atoms with Gasteiger partial charge in [0.05, 0.1) is 10.9 Å². The number of carbonyl (C=O) groups is 1. The molecule has 0 unspecified atom stereocenters. The number of para-hydroxylation sites is 1. The van der Waals surface area contributed by atoms with Crippen molar-refractivity contribution in [3.05, 3.63) is 75.5 Å². The fraction of sp³-hybridized carbons (Fsp3) is 0.105. The van der Waals surface area contributed by atoms with E-state index in [2.05, 4.69) is 15.8 Å². The van der Waals surface area contributed by atoms with Gasteiger partial charge in [-0.25, -0.2) is 4.98 Å². The normalized spacial score (nSPS) is 11.0. The third kappa shape index (κ3) is 3.92. The Morgan fingerprint density at radius 2 is 1.92 bits per heavy atom. The molecule has 132 valence electrons. The second kappa shape index (κ2) is 7.84. The van der Waals surface area contributed by atoms with E-state index in [4.69, 9.17) is 11.6 Å². The van der Waals surface area contributed by atoms with Gasteiger partial charge in [-0.3, -0.25) is 25.0 Å². The van der Waals surface area contributed by atoms with Crippen LogP contribution in [0.15, 0.2) is 59.4 Å². The summed E-state index contributed by atoms with van der Waals surface area (Å²) in [4.78, 5) is 28.9. The maximum atomic E-state index is 12.5. The SMILES string of the molecule is CCn1c(NNC(=O)/C=C/c2ccc(Cl)cc2)nc2ccccc2c1=O. The van der Waals surface area contributed by atoms with Crippen molar-refractivity contribution in [1.82, 2.24) is 15.0 Å². The summed E-state index contributed by atoms with van der Waals surface area (Å²) in [6, 6.07) is 14.2. The Labute approximate surface area is 155 Å². The topological polar surface area (TPSA) is 76.0 Å². The number of anilines is 1. The number of benzene rings is 2. The van der Waals surface area contributed by atoms with Gasteiger partial charge in [0.2, 0.25) is 5.95 Å². The van der Waals surface area contributed by atoms with E-state index >= 15 is 0 Å². The minimum absolute atomic E-state index is 0.161. The Kier molecular flexibility index (Phi) is 5.34. The van der Waals surface area contributed by atoms with Crippen LogP contribution in [0, 0.1) is 0 Å². The molecule has 0 radical (unpaired) electrons. The van der Waals surface area contributed by atoms with Gasteiger partial charge in [0.1, 0.15) is 0 Å². The highest BCUT2D eigenvalue weighted by atomic mass is 35.5. The molecule has 7 heteroatoms. The number of amides is 1. The van der Waals surface area contributed by atoms with Crippen molar-refractivity contribution in [2.75, 3.05) is 5.43 Å². The Bertz CT molecular complexity index is 1030. The fourth-order valence-corrected chi connectivity index (χ4v) is 2.59. The summed E-state index contributed by atoms with van der Waals surface area (Å²) in [6.07, 6.45) is 3.04. The van der Waals surface area contributed by atoms with Crippen molar-refractivity contribution in [3.8, 4) is 0 Å². The van der Waals surface area contributed by atoms with E-state index in [9.17, 15) is 9.59 Å². The van der Waals surface area contributed by atoms with E-state index < -0.39 is 0 Å². The van der Waals surface area contributed by atoms with Gasteiger partial charge in [-0.05, 0) is 42.8 Å². The maximum Gasteiger partial charge on any atom is 0.262 e. The first kappa shape index (κ1) is 17.7. The summed E-state index contributed by atoms with van der Waals surface area (Å²) in [5, 5.41) is 1.17. The lowest BCUT2D eigenvalue weighted by Crippen LogP contribution is -2.33. The molecule has 0 spiro atoms. The second-order valence-electron chi connectivity index (χ2n) is 5.50. The van der Waals surface area contributed by atoms with Crippen molar-refractivity contribution in [2.24, 2.45) is 0 Å². The Morgan fingerprint density at radius 1 is 1.19 bits per heavy atom. The molecular weight excluding hydrogens is 352 g/mol. The summed E-state index contributed by atoms with van der Waals surface area (Å²) < 4.78 is 1.46. The van der Waals surface area contributed by atoms with Crippen molar-refractivity contribution in [1.29, 1.82) is 0 Å². The molecule has 0 aliphatic carbocycles. The molecule has 1 heterocycles. The minimum atomic E-state index is -0.370. The molecule has 0 bridgehead atoms. The van der Waals surface area contributed by atoms with Crippen LogP contribution in [-0.2, 0) is 11.3 Å². The molecule has 2 aromatic carbocycles. The molecule has 3 aromatic rings. The third-order valence-electron chi connectivity index (χ3n) is 3.77. The van der Waals surface area contributed by atoms with Gasteiger partial charge in [0.15, 0.2) is 0 Å². The van der Waals surface area contributed by atoms with Crippen LogP contribution in [0.25, 0.3) is 17.0 Å². The molecule has 0 saturated heterocycles. The highest BCUT2D eigenvalue weighted by Gasteiger charge is 2.09. The monoisotopic (exact) mass is 368 g/mol. The molecule has 2 N–H and O–H groups in total. The molecule has 1 amide bonds. The molecule has 0 atom stereocenters. The van der Waals surface area contributed by atoms with Gasteiger partial charge in [0.25, 0.3) is 11.5 Å². The van der Waals surface area contributed by atoms with E-state index in [0.29, 0.717) is 22.5 Å². The van der Waals surface area contributed by atoms with E-state index in [1.54, 1.807) is 48.5 Å². The highest BCUT2D eigenvalue weighted by molar-refractivity contribution is 6.30. The number of nitrogens with one attached hydrogen (secondary N) is 2. The van der Waals surface area contributed by atoms with Gasteiger partial charge in [-0.1, -0.05) is 35.9 Å². The zero-order valence-corrected chi connectivity index (χ0v) is 14.8. The highest BCUT2D eigenvalue weighted by Crippen LogP contribution is 2.11. The van der Waals surface area contributed by atoms with Crippen molar-refractivity contribution < 1.29 is 4.79 Å². The van der Waals surface area contributed by atoms with Crippen LogP contribution in [0.1, 0.15) is 12.5 Å². The molecule has 1 aromatic heterocycles. The molecule has 6 nitrogen and oxygen atoms in total. The lowest BCUT2D eigenvalue weighted by atomic mass is 10.2. The van der Waals surface area contributed by atoms with Crippen LogP contribution in [0.2, 0.25) is 5.02 Å². The summed E-state index contributed by atoms with van der Waals surface area (Å²) >= 11 is 5.83. The standard InChI is InChI=1S/C19H17ClN4O2/c1-2-24-18(26)15-5-3-4-6-16(15)21-19(24)23-22-17(25)12-9-13-7-10-14(20)11-8-13/h3-12H,2H2,1H3,(H,21,23)(H,22,25)/b12-9+. The fourth-order valence-electron chi connectivity index (χ4n) is 2.46. The van der Waals surface area contributed by atoms with Crippen molar-refractivity contribution in [3.63, 3.8) is 0 Å². The number of fused-ring (bicyclic) bond motifs is 1. The van der Waals surface area contributed by atoms with E-state index in [1.165, 1.54) is 10.6 Å². The zero-order valence-electron chi connectivity index (χ0n) is 14.1. The first-order valence-corrected chi connectivity index (χ1v) is 8.45. The number of hydrazine groups is 1. The average molecular weight is 369 g/mol.